The van der Waals surface area contributed by atoms with Crippen molar-refractivity contribution in [2.45, 2.75) is 20.4 Å². The monoisotopic (exact) mass is 256 g/mol. The van der Waals surface area contributed by atoms with E-state index in [1.54, 1.807) is 31.4 Å². The Morgan fingerprint density at radius 1 is 1.11 bits per heavy atom. The van der Waals surface area contributed by atoms with Gasteiger partial charge in [0.1, 0.15) is 5.75 Å². The van der Waals surface area contributed by atoms with E-state index in [0.29, 0.717) is 12.1 Å². The summed E-state index contributed by atoms with van der Waals surface area (Å²) >= 11 is 0. The summed E-state index contributed by atoms with van der Waals surface area (Å²) < 4.78 is 7.01. The van der Waals surface area contributed by atoms with Crippen LogP contribution in [0.25, 0.3) is 0 Å². The lowest BCUT2D eigenvalue weighted by molar-refractivity contribution is -0.683. The second-order valence-electron chi connectivity index (χ2n) is 4.71. The Morgan fingerprint density at radius 3 is 2.21 bits per heavy atom. The fraction of sp³-hybridized carbons (Fsp3) is 0.250. The van der Waals surface area contributed by atoms with Crippen LogP contribution in [0.3, 0.4) is 0 Å². The molecule has 19 heavy (non-hydrogen) atoms. The van der Waals surface area contributed by atoms with Crippen molar-refractivity contribution < 1.29 is 14.1 Å². The second kappa shape index (κ2) is 5.65. The molecule has 1 aromatic heterocycles. The zero-order chi connectivity index (χ0) is 13.8. The van der Waals surface area contributed by atoms with Gasteiger partial charge in [-0.05, 0) is 44.2 Å². The van der Waals surface area contributed by atoms with Crippen molar-refractivity contribution in [3.05, 3.63) is 59.4 Å². The lowest BCUT2D eigenvalue weighted by Gasteiger charge is -2.02. The zero-order valence-corrected chi connectivity index (χ0v) is 11.5. The Labute approximate surface area is 113 Å². The summed E-state index contributed by atoms with van der Waals surface area (Å²) in [6.07, 6.45) is 3.96. The van der Waals surface area contributed by atoms with Crippen LogP contribution in [-0.2, 0) is 6.54 Å². The first kappa shape index (κ1) is 13.3. The molecule has 0 fully saturated rings. The van der Waals surface area contributed by atoms with Crippen LogP contribution < -0.4 is 9.30 Å². The lowest BCUT2D eigenvalue weighted by Crippen LogP contribution is -2.38. The molecule has 2 aromatic rings. The summed E-state index contributed by atoms with van der Waals surface area (Å²) in [6.45, 7) is 4.41. The summed E-state index contributed by atoms with van der Waals surface area (Å²) in [7, 11) is 1.61. The summed E-state index contributed by atoms with van der Waals surface area (Å²) in [5.41, 5.74) is 3.01. The Hall–Kier alpha value is -2.16. The van der Waals surface area contributed by atoms with E-state index < -0.39 is 0 Å². The lowest BCUT2D eigenvalue weighted by atomic mass is 10.1. The number of benzene rings is 1. The number of rotatable bonds is 4. The van der Waals surface area contributed by atoms with Gasteiger partial charge in [-0.25, -0.2) is 0 Å². The molecule has 3 heteroatoms. The maximum absolute atomic E-state index is 12.2. The maximum Gasteiger partial charge on any atom is 0.227 e. The minimum Gasteiger partial charge on any atom is -0.497 e. The van der Waals surface area contributed by atoms with Gasteiger partial charge in [-0.15, -0.1) is 0 Å². The average Bonchev–Trinajstić information content (AvgIpc) is 2.37. The van der Waals surface area contributed by atoms with Gasteiger partial charge >= 0.3 is 0 Å². The molecule has 0 aliphatic rings. The predicted octanol–water partition coefficient (Wildman–Crippen LogP) is 2.48. The Kier molecular flexibility index (Phi) is 3.95. The number of ether oxygens (including phenoxy) is 1. The van der Waals surface area contributed by atoms with Crippen LogP contribution in [0.4, 0.5) is 0 Å². The fourth-order valence-electron chi connectivity index (χ4n) is 2.12. The van der Waals surface area contributed by atoms with Gasteiger partial charge in [0.25, 0.3) is 0 Å². The van der Waals surface area contributed by atoms with Crippen molar-refractivity contribution >= 4 is 5.78 Å². The van der Waals surface area contributed by atoms with E-state index in [-0.39, 0.29) is 5.78 Å². The number of Topliss-reactive ketones (excluding diaryl/α,β-unsaturated/α-hetero) is 1. The molecule has 0 radical (unpaired) electrons. The molecule has 0 spiro atoms. The van der Waals surface area contributed by atoms with Crippen molar-refractivity contribution in [2.75, 3.05) is 7.11 Å². The van der Waals surface area contributed by atoms with E-state index in [4.69, 9.17) is 4.74 Å². The van der Waals surface area contributed by atoms with Crippen molar-refractivity contribution in [2.24, 2.45) is 0 Å². The van der Waals surface area contributed by atoms with Crippen LogP contribution in [0.5, 0.6) is 5.75 Å². The third-order valence-electron chi connectivity index (χ3n) is 2.93. The first-order valence-electron chi connectivity index (χ1n) is 6.23. The third-order valence-corrected chi connectivity index (χ3v) is 2.93. The van der Waals surface area contributed by atoms with Crippen molar-refractivity contribution in [1.29, 1.82) is 0 Å². The molecule has 2 rings (SSSR count). The molecule has 0 atom stereocenters. The van der Waals surface area contributed by atoms with Gasteiger partial charge in [-0.2, -0.15) is 4.57 Å². The Balaban J connectivity index is 2.15. The number of carbonyl (C=O) groups is 1. The number of aryl methyl sites for hydroxylation is 2. The van der Waals surface area contributed by atoms with Crippen molar-refractivity contribution in [3.63, 3.8) is 0 Å². The molecule has 98 valence electrons. The van der Waals surface area contributed by atoms with E-state index in [9.17, 15) is 4.79 Å². The molecule has 1 heterocycles. The van der Waals surface area contributed by atoms with Crippen molar-refractivity contribution in [1.82, 2.24) is 0 Å². The standard InChI is InChI=1S/C16H18NO2/c1-12-8-13(2)10-17(9-12)11-16(18)14-4-6-15(19-3)7-5-14/h4-10H,11H2,1-3H3/q+1. The number of carbonyl (C=O) groups excluding carboxylic acids is 1. The number of aromatic nitrogens is 1. The number of hydrogen-bond donors (Lipinski definition) is 0. The molecular weight excluding hydrogens is 238 g/mol. The average molecular weight is 256 g/mol. The number of pyridine rings is 1. The molecular formula is C16H18NO2+. The Bertz CT molecular complexity index is 568. The molecule has 0 saturated carbocycles. The molecule has 1 aromatic carbocycles. The largest absolute Gasteiger partial charge is 0.497 e. The number of methoxy groups -OCH3 is 1. The van der Waals surface area contributed by atoms with Crippen molar-refractivity contribution in [3.8, 4) is 5.75 Å². The Morgan fingerprint density at radius 2 is 1.68 bits per heavy atom. The minimum absolute atomic E-state index is 0.0950. The van der Waals surface area contributed by atoms with Gasteiger partial charge in [-0.1, -0.05) is 0 Å². The van der Waals surface area contributed by atoms with Crippen LogP contribution in [0.2, 0.25) is 0 Å². The highest BCUT2D eigenvalue weighted by molar-refractivity contribution is 5.95. The van der Waals surface area contributed by atoms with Crippen LogP contribution in [-0.4, -0.2) is 12.9 Å². The normalized spacial score (nSPS) is 10.3. The first-order chi connectivity index (χ1) is 9.08. The highest BCUT2D eigenvalue weighted by Gasteiger charge is 2.12. The molecule has 0 amide bonds. The summed E-state index contributed by atoms with van der Waals surface area (Å²) in [4.78, 5) is 12.2. The van der Waals surface area contributed by atoms with Crippen LogP contribution in [0.15, 0.2) is 42.7 Å². The van der Waals surface area contributed by atoms with Crippen LogP contribution >= 0.6 is 0 Å². The topological polar surface area (TPSA) is 30.2 Å². The first-order valence-corrected chi connectivity index (χ1v) is 6.23. The predicted molar refractivity (Wildman–Crippen MR) is 73.4 cm³/mol. The molecule has 0 N–H and O–H groups in total. The molecule has 3 nitrogen and oxygen atoms in total. The summed E-state index contributed by atoms with van der Waals surface area (Å²) in [5, 5.41) is 0. The number of nitrogens with zero attached hydrogens (tertiary/aromatic N) is 1. The SMILES string of the molecule is COc1ccc(C(=O)C[n+]2cc(C)cc(C)c2)cc1. The molecule has 0 aliphatic heterocycles. The molecule has 0 bridgehead atoms. The quantitative estimate of drug-likeness (QED) is 0.621. The minimum atomic E-state index is 0.0950. The number of hydrogen-bond acceptors (Lipinski definition) is 2. The smallest absolute Gasteiger partial charge is 0.227 e. The van der Waals surface area contributed by atoms with E-state index in [1.807, 2.05) is 30.8 Å². The van der Waals surface area contributed by atoms with E-state index in [0.717, 1.165) is 16.9 Å². The third kappa shape index (κ3) is 3.41. The maximum atomic E-state index is 12.2. The molecule has 0 saturated heterocycles. The molecule has 0 unspecified atom stereocenters. The zero-order valence-electron chi connectivity index (χ0n) is 11.5. The van der Waals surface area contributed by atoms with E-state index in [2.05, 4.69) is 6.07 Å². The second-order valence-corrected chi connectivity index (χ2v) is 4.71. The van der Waals surface area contributed by atoms with Gasteiger partial charge in [0, 0.05) is 16.7 Å². The van der Waals surface area contributed by atoms with Gasteiger partial charge < -0.3 is 4.74 Å². The van der Waals surface area contributed by atoms with Crippen LogP contribution in [0, 0.1) is 13.8 Å². The number of ketones is 1. The van der Waals surface area contributed by atoms with E-state index >= 15 is 0 Å². The van der Waals surface area contributed by atoms with E-state index in [1.165, 1.54) is 0 Å². The van der Waals surface area contributed by atoms with Gasteiger partial charge in [0.2, 0.25) is 12.3 Å². The van der Waals surface area contributed by atoms with Crippen LogP contribution in [0.1, 0.15) is 21.5 Å². The van der Waals surface area contributed by atoms with Gasteiger partial charge in [-0.3, -0.25) is 4.79 Å². The highest BCUT2D eigenvalue weighted by Crippen LogP contribution is 2.11. The van der Waals surface area contributed by atoms with Gasteiger partial charge in [0.05, 0.1) is 7.11 Å². The summed E-state index contributed by atoms with van der Waals surface area (Å²) in [6, 6.07) is 9.29. The fourth-order valence-corrected chi connectivity index (χ4v) is 2.12. The summed E-state index contributed by atoms with van der Waals surface area (Å²) in [5.74, 6) is 0.855. The molecule has 0 aliphatic carbocycles. The van der Waals surface area contributed by atoms with Gasteiger partial charge in [0.15, 0.2) is 12.4 Å². The highest BCUT2D eigenvalue weighted by atomic mass is 16.5.